The van der Waals surface area contributed by atoms with E-state index in [1.807, 2.05) is 0 Å². The van der Waals surface area contributed by atoms with Gasteiger partial charge in [0, 0.05) is 0 Å². The number of hydrogen-bond donors (Lipinski definition) is 2. The molecule has 2 heteroatoms. The molecular weight excluding hydrogens is 248 g/mol. The molecule has 2 rings (SSSR count). The molecule has 2 aliphatic carbocycles. The van der Waals surface area contributed by atoms with Gasteiger partial charge in [-0.15, -0.1) is 0 Å². The molecule has 116 valence electrons. The first-order valence-electron chi connectivity index (χ1n) is 8.64. The van der Waals surface area contributed by atoms with Gasteiger partial charge in [-0.25, -0.2) is 0 Å². The van der Waals surface area contributed by atoms with Crippen LogP contribution in [0.4, 0.5) is 0 Å². The average Bonchev–Trinajstić information content (AvgIpc) is 2.45. The van der Waals surface area contributed by atoms with E-state index in [0.29, 0.717) is 0 Å². The summed E-state index contributed by atoms with van der Waals surface area (Å²) in [5.74, 6) is 1.57. The van der Waals surface area contributed by atoms with E-state index in [0.717, 1.165) is 43.9 Å². The van der Waals surface area contributed by atoms with Crippen molar-refractivity contribution in [2.45, 2.75) is 90.3 Å². The van der Waals surface area contributed by atoms with Gasteiger partial charge in [0.05, 0.1) is 12.2 Å². The quantitative estimate of drug-likeness (QED) is 0.741. The summed E-state index contributed by atoms with van der Waals surface area (Å²) in [4.78, 5) is 0. The summed E-state index contributed by atoms with van der Waals surface area (Å²) in [6.07, 6.45) is 11.2. The Morgan fingerprint density at radius 1 is 1.25 bits per heavy atom. The Bertz CT molecular complexity index is 334. The van der Waals surface area contributed by atoms with Crippen LogP contribution in [0.1, 0.15) is 78.1 Å². The second-order valence-corrected chi connectivity index (χ2v) is 7.07. The van der Waals surface area contributed by atoms with E-state index in [2.05, 4.69) is 13.8 Å². The maximum atomic E-state index is 9.76. The molecule has 0 aromatic rings. The Morgan fingerprint density at radius 3 is 2.75 bits per heavy atom. The van der Waals surface area contributed by atoms with E-state index >= 15 is 0 Å². The van der Waals surface area contributed by atoms with Gasteiger partial charge in [0.1, 0.15) is 0 Å². The third kappa shape index (κ3) is 4.33. The Kier molecular flexibility index (Phi) is 6.10. The van der Waals surface area contributed by atoms with Crippen LogP contribution in [-0.2, 0) is 0 Å². The lowest BCUT2D eigenvalue weighted by Gasteiger charge is -2.35. The normalized spacial score (nSPS) is 33.3. The van der Waals surface area contributed by atoms with Gasteiger partial charge in [-0.3, -0.25) is 0 Å². The number of allylic oxidation sites excluding steroid dienone is 1. The topological polar surface area (TPSA) is 40.5 Å². The Morgan fingerprint density at radius 2 is 2.05 bits per heavy atom. The molecule has 0 amide bonds. The molecule has 0 saturated heterocycles. The first-order valence-corrected chi connectivity index (χ1v) is 8.64. The molecule has 1 saturated carbocycles. The van der Waals surface area contributed by atoms with E-state index in [-0.39, 0.29) is 12.2 Å². The average molecular weight is 280 g/mol. The van der Waals surface area contributed by atoms with Crippen molar-refractivity contribution in [3.05, 3.63) is 11.1 Å². The molecule has 1 fully saturated rings. The summed E-state index contributed by atoms with van der Waals surface area (Å²) in [5, 5.41) is 19.5. The molecule has 20 heavy (non-hydrogen) atoms. The van der Waals surface area contributed by atoms with Crippen molar-refractivity contribution in [1.82, 2.24) is 0 Å². The molecule has 0 aromatic heterocycles. The summed E-state index contributed by atoms with van der Waals surface area (Å²) < 4.78 is 0. The minimum absolute atomic E-state index is 0.0962. The maximum Gasteiger partial charge on any atom is 0.0580 e. The number of hydrogen-bond acceptors (Lipinski definition) is 2. The maximum absolute atomic E-state index is 9.76. The van der Waals surface area contributed by atoms with Gasteiger partial charge in [-0.1, -0.05) is 30.9 Å². The lowest BCUT2D eigenvalue weighted by atomic mass is 9.72. The smallest absolute Gasteiger partial charge is 0.0580 e. The molecule has 2 N–H and O–H groups in total. The molecule has 0 aliphatic heterocycles. The van der Waals surface area contributed by atoms with Crippen LogP contribution in [0.3, 0.4) is 0 Å². The molecule has 1 unspecified atom stereocenters. The molecule has 0 heterocycles. The van der Waals surface area contributed by atoms with Crippen LogP contribution in [0.25, 0.3) is 0 Å². The molecule has 0 radical (unpaired) electrons. The van der Waals surface area contributed by atoms with Gasteiger partial charge >= 0.3 is 0 Å². The van der Waals surface area contributed by atoms with Crippen LogP contribution in [0, 0.1) is 11.8 Å². The van der Waals surface area contributed by atoms with Gasteiger partial charge in [0.15, 0.2) is 0 Å². The Balaban J connectivity index is 1.88. The van der Waals surface area contributed by atoms with Crippen LogP contribution >= 0.6 is 0 Å². The predicted octanol–water partition coefficient (Wildman–Crippen LogP) is 4.21. The molecule has 2 aliphatic rings. The number of aliphatic hydroxyl groups is 2. The summed E-state index contributed by atoms with van der Waals surface area (Å²) in [6, 6.07) is 0. The minimum atomic E-state index is -0.0992. The predicted molar refractivity (Wildman–Crippen MR) is 83.5 cm³/mol. The third-order valence-electron chi connectivity index (χ3n) is 5.49. The largest absolute Gasteiger partial charge is 0.393 e. The van der Waals surface area contributed by atoms with Crippen molar-refractivity contribution in [2.75, 3.05) is 0 Å². The highest BCUT2D eigenvalue weighted by Crippen LogP contribution is 2.41. The van der Waals surface area contributed by atoms with E-state index in [9.17, 15) is 10.2 Å². The van der Waals surface area contributed by atoms with Gasteiger partial charge < -0.3 is 10.2 Å². The van der Waals surface area contributed by atoms with E-state index in [1.54, 1.807) is 5.57 Å². The first kappa shape index (κ1) is 16.0. The number of rotatable bonds is 5. The van der Waals surface area contributed by atoms with Gasteiger partial charge in [0.25, 0.3) is 0 Å². The lowest BCUT2D eigenvalue weighted by molar-refractivity contribution is 0.138. The van der Waals surface area contributed by atoms with Crippen LogP contribution in [0.5, 0.6) is 0 Å². The van der Waals surface area contributed by atoms with Crippen molar-refractivity contribution in [3.63, 3.8) is 0 Å². The highest BCUT2D eigenvalue weighted by molar-refractivity contribution is 5.20. The van der Waals surface area contributed by atoms with Crippen molar-refractivity contribution < 1.29 is 10.2 Å². The molecule has 0 spiro atoms. The van der Waals surface area contributed by atoms with Gasteiger partial charge in [0.2, 0.25) is 0 Å². The summed E-state index contributed by atoms with van der Waals surface area (Å²) in [5.41, 5.74) is 3.12. The van der Waals surface area contributed by atoms with Crippen LogP contribution in [0.2, 0.25) is 0 Å². The fourth-order valence-electron chi connectivity index (χ4n) is 4.18. The van der Waals surface area contributed by atoms with Crippen molar-refractivity contribution in [1.29, 1.82) is 0 Å². The Labute approximate surface area is 124 Å². The van der Waals surface area contributed by atoms with E-state index in [4.69, 9.17) is 0 Å². The van der Waals surface area contributed by atoms with Gasteiger partial charge in [-0.2, -0.15) is 0 Å². The highest BCUT2D eigenvalue weighted by Gasteiger charge is 2.28. The molecule has 2 nitrogen and oxygen atoms in total. The summed E-state index contributed by atoms with van der Waals surface area (Å²) >= 11 is 0. The molecule has 0 aromatic carbocycles. The third-order valence-corrected chi connectivity index (χ3v) is 5.49. The van der Waals surface area contributed by atoms with Gasteiger partial charge in [-0.05, 0) is 70.1 Å². The second-order valence-electron chi connectivity index (χ2n) is 7.07. The zero-order valence-electron chi connectivity index (χ0n) is 13.3. The SMILES string of the molecule is CC[C@@H](O)CC[C@@H]1CCC[C@H](C2=C(C)CC(O)CC2)C1. The molecular formula is C18H32O2. The van der Waals surface area contributed by atoms with E-state index in [1.165, 1.54) is 37.7 Å². The monoisotopic (exact) mass is 280 g/mol. The summed E-state index contributed by atoms with van der Waals surface area (Å²) in [7, 11) is 0. The lowest BCUT2D eigenvalue weighted by Crippen LogP contribution is -2.23. The molecule has 0 bridgehead atoms. The minimum Gasteiger partial charge on any atom is -0.393 e. The first-order chi connectivity index (χ1) is 9.60. The Hall–Kier alpha value is -0.340. The molecule has 4 atom stereocenters. The fraction of sp³-hybridized carbons (Fsp3) is 0.889. The van der Waals surface area contributed by atoms with Crippen LogP contribution < -0.4 is 0 Å². The van der Waals surface area contributed by atoms with Crippen molar-refractivity contribution in [3.8, 4) is 0 Å². The highest BCUT2D eigenvalue weighted by atomic mass is 16.3. The summed E-state index contributed by atoms with van der Waals surface area (Å²) in [6.45, 7) is 4.29. The van der Waals surface area contributed by atoms with Crippen LogP contribution in [0.15, 0.2) is 11.1 Å². The second kappa shape index (κ2) is 7.61. The number of aliphatic hydroxyl groups excluding tert-OH is 2. The van der Waals surface area contributed by atoms with Crippen molar-refractivity contribution >= 4 is 0 Å². The fourth-order valence-corrected chi connectivity index (χ4v) is 4.18. The van der Waals surface area contributed by atoms with Crippen molar-refractivity contribution in [2.24, 2.45) is 11.8 Å². The van der Waals surface area contributed by atoms with E-state index < -0.39 is 0 Å². The zero-order valence-corrected chi connectivity index (χ0v) is 13.3. The zero-order chi connectivity index (χ0) is 14.5. The van der Waals surface area contributed by atoms with Crippen LogP contribution in [-0.4, -0.2) is 22.4 Å². The standard InChI is InChI=1S/C18H32O2/c1-3-16(19)8-7-14-5-4-6-15(12-14)18-10-9-17(20)11-13(18)2/h14-17,19-20H,3-12H2,1-2H3/t14-,15-,16+,17?/m0/s1.